The summed E-state index contributed by atoms with van der Waals surface area (Å²) in [7, 11) is 0. The Morgan fingerprint density at radius 1 is 1.07 bits per heavy atom. The number of rotatable bonds is 6. The van der Waals surface area contributed by atoms with Crippen LogP contribution in [0.25, 0.3) is 0 Å². The first-order chi connectivity index (χ1) is 13.3. The molecule has 1 atom stereocenters. The molecule has 0 unspecified atom stereocenters. The van der Waals surface area contributed by atoms with Crippen LogP contribution in [0.1, 0.15) is 18.9 Å². The second-order valence-electron chi connectivity index (χ2n) is 6.78. The number of nitrogens with one attached hydrogen (secondary N) is 2. The van der Waals surface area contributed by atoms with E-state index in [2.05, 4.69) is 10.6 Å². The van der Waals surface area contributed by atoms with Gasteiger partial charge in [0.25, 0.3) is 5.91 Å². The molecular weight excluding hydrogens is 368 g/mol. The van der Waals surface area contributed by atoms with Crippen LogP contribution in [0, 0.1) is 11.6 Å². The van der Waals surface area contributed by atoms with E-state index in [0.29, 0.717) is 12.8 Å². The van der Waals surface area contributed by atoms with Gasteiger partial charge in [0.1, 0.15) is 29.4 Å². The highest BCUT2D eigenvalue weighted by atomic mass is 19.1. The third-order valence-electron chi connectivity index (χ3n) is 4.63. The predicted molar refractivity (Wildman–Crippen MR) is 98.4 cm³/mol. The average Bonchev–Trinajstić information content (AvgIpc) is 2.88. The van der Waals surface area contributed by atoms with Gasteiger partial charge in [-0.25, -0.2) is 13.6 Å². The normalized spacial score (nSPS) is 18.9. The van der Waals surface area contributed by atoms with Crippen LogP contribution < -0.4 is 10.6 Å². The first kappa shape index (κ1) is 19.5. The summed E-state index contributed by atoms with van der Waals surface area (Å²) < 4.78 is 27.3. The molecule has 1 saturated heterocycles. The van der Waals surface area contributed by atoms with Gasteiger partial charge < -0.3 is 10.6 Å². The smallest absolute Gasteiger partial charge is 0.323 e. The summed E-state index contributed by atoms with van der Waals surface area (Å²) in [4.78, 5) is 37.8. The fraction of sp³-hybridized carbons (Fsp3) is 0.250. The quantitative estimate of drug-likeness (QED) is 0.748. The second-order valence-corrected chi connectivity index (χ2v) is 6.78. The van der Waals surface area contributed by atoms with Crippen molar-refractivity contribution in [2.75, 3.05) is 11.9 Å². The van der Waals surface area contributed by atoms with Crippen LogP contribution in [0.15, 0.2) is 48.5 Å². The SMILES string of the molecule is C[C@]1(CCc2ccccc2)NC(=O)N(CC(=O)Nc2c(F)cccc2F)C1=O. The molecular formula is C20H19F2N3O3. The molecule has 0 bridgehead atoms. The number of para-hydroxylation sites is 1. The second kappa shape index (κ2) is 7.75. The van der Waals surface area contributed by atoms with E-state index in [-0.39, 0.29) is 0 Å². The van der Waals surface area contributed by atoms with E-state index in [1.807, 2.05) is 30.3 Å². The maximum atomic E-state index is 13.6. The topological polar surface area (TPSA) is 78.5 Å². The van der Waals surface area contributed by atoms with Crippen molar-refractivity contribution in [2.45, 2.75) is 25.3 Å². The van der Waals surface area contributed by atoms with Crippen molar-refractivity contribution >= 4 is 23.5 Å². The molecule has 3 rings (SSSR count). The molecule has 1 heterocycles. The summed E-state index contributed by atoms with van der Waals surface area (Å²) in [6.07, 6.45) is 0.908. The van der Waals surface area contributed by atoms with Crippen LogP contribution in [-0.4, -0.2) is 34.8 Å². The lowest BCUT2D eigenvalue weighted by atomic mass is 9.93. The van der Waals surface area contributed by atoms with Crippen LogP contribution in [-0.2, 0) is 16.0 Å². The van der Waals surface area contributed by atoms with Gasteiger partial charge in [0.15, 0.2) is 0 Å². The Labute approximate surface area is 160 Å². The highest BCUT2D eigenvalue weighted by Gasteiger charge is 2.47. The number of nitrogens with zero attached hydrogens (tertiary/aromatic N) is 1. The number of urea groups is 1. The van der Waals surface area contributed by atoms with E-state index >= 15 is 0 Å². The van der Waals surface area contributed by atoms with Gasteiger partial charge in [-0.15, -0.1) is 0 Å². The lowest BCUT2D eigenvalue weighted by Crippen LogP contribution is -2.45. The van der Waals surface area contributed by atoms with Gasteiger partial charge in [-0.2, -0.15) is 0 Å². The van der Waals surface area contributed by atoms with Crippen molar-refractivity contribution in [1.82, 2.24) is 10.2 Å². The minimum absolute atomic E-state index is 0.349. The maximum absolute atomic E-state index is 13.6. The monoisotopic (exact) mass is 387 g/mol. The Balaban J connectivity index is 1.65. The predicted octanol–water partition coefficient (Wildman–Crippen LogP) is 2.85. The van der Waals surface area contributed by atoms with Gasteiger partial charge in [0.05, 0.1) is 0 Å². The van der Waals surface area contributed by atoms with Crippen LogP contribution in [0.3, 0.4) is 0 Å². The van der Waals surface area contributed by atoms with E-state index in [1.54, 1.807) is 6.92 Å². The third kappa shape index (κ3) is 4.00. The minimum Gasteiger partial charge on any atom is -0.323 e. The van der Waals surface area contributed by atoms with E-state index in [1.165, 1.54) is 0 Å². The Kier molecular flexibility index (Phi) is 5.39. The molecule has 0 radical (unpaired) electrons. The summed E-state index contributed by atoms with van der Waals surface area (Å²) in [5.74, 6) is -3.33. The third-order valence-corrected chi connectivity index (χ3v) is 4.63. The van der Waals surface area contributed by atoms with E-state index in [0.717, 1.165) is 28.7 Å². The van der Waals surface area contributed by atoms with E-state index in [4.69, 9.17) is 0 Å². The van der Waals surface area contributed by atoms with Gasteiger partial charge in [0, 0.05) is 0 Å². The maximum Gasteiger partial charge on any atom is 0.325 e. The Morgan fingerprint density at radius 2 is 1.71 bits per heavy atom. The van der Waals surface area contributed by atoms with Crippen molar-refractivity contribution in [3.05, 3.63) is 65.7 Å². The summed E-state index contributed by atoms with van der Waals surface area (Å²) in [5, 5.41) is 4.67. The number of anilines is 1. The molecule has 0 saturated carbocycles. The number of hydrogen-bond donors (Lipinski definition) is 2. The molecule has 2 aromatic rings. The molecule has 4 amide bonds. The highest BCUT2D eigenvalue weighted by Crippen LogP contribution is 2.24. The number of amides is 4. The first-order valence-corrected chi connectivity index (χ1v) is 8.72. The Bertz CT molecular complexity index is 900. The summed E-state index contributed by atoms with van der Waals surface area (Å²) in [6, 6.07) is 11.9. The molecule has 2 N–H and O–H groups in total. The number of hydrogen-bond acceptors (Lipinski definition) is 3. The summed E-state index contributed by atoms with van der Waals surface area (Å²) in [5.41, 5.74) is -0.764. The zero-order valence-corrected chi connectivity index (χ0v) is 15.2. The molecule has 6 nitrogen and oxygen atoms in total. The zero-order valence-electron chi connectivity index (χ0n) is 15.2. The number of imide groups is 1. The first-order valence-electron chi connectivity index (χ1n) is 8.72. The number of aryl methyl sites for hydroxylation is 1. The van der Waals surface area contributed by atoms with Gasteiger partial charge in [-0.05, 0) is 37.5 Å². The van der Waals surface area contributed by atoms with Gasteiger partial charge in [-0.3, -0.25) is 14.5 Å². The summed E-state index contributed by atoms with van der Waals surface area (Å²) in [6.45, 7) is 0.948. The largest absolute Gasteiger partial charge is 0.325 e. The van der Waals surface area contributed by atoms with Crippen molar-refractivity contribution < 1.29 is 23.2 Å². The molecule has 146 valence electrons. The lowest BCUT2D eigenvalue weighted by Gasteiger charge is -2.21. The fourth-order valence-electron chi connectivity index (χ4n) is 3.04. The molecule has 28 heavy (non-hydrogen) atoms. The molecule has 1 aliphatic heterocycles. The fourth-order valence-corrected chi connectivity index (χ4v) is 3.04. The number of benzene rings is 2. The van der Waals surface area contributed by atoms with Crippen molar-refractivity contribution in [1.29, 1.82) is 0 Å². The van der Waals surface area contributed by atoms with E-state index < -0.39 is 47.3 Å². The summed E-state index contributed by atoms with van der Waals surface area (Å²) >= 11 is 0. The van der Waals surface area contributed by atoms with Crippen LogP contribution in [0.2, 0.25) is 0 Å². The molecule has 1 fully saturated rings. The van der Waals surface area contributed by atoms with Crippen molar-refractivity contribution in [2.24, 2.45) is 0 Å². The number of carbonyl (C=O) groups excluding carboxylic acids is 3. The molecule has 1 aliphatic rings. The zero-order chi connectivity index (χ0) is 20.3. The standard InChI is InChI=1S/C20H19F2N3O3/c1-20(11-10-13-6-3-2-4-7-13)18(27)25(19(28)24-20)12-16(26)23-17-14(21)8-5-9-15(17)22/h2-9H,10-12H2,1H3,(H,23,26)(H,24,28)/t20-/m1/s1. The van der Waals surface area contributed by atoms with Crippen molar-refractivity contribution in [3.8, 4) is 0 Å². The highest BCUT2D eigenvalue weighted by molar-refractivity contribution is 6.09. The van der Waals surface area contributed by atoms with Gasteiger partial charge in [-0.1, -0.05) is 36.4 Å². The molecule has 2 aromatic carbocycles. The van der Waals surface area contributed by atoms with Crippen molar-refractivity contribution in [3.63, 3.8) is 0 Å². The van der Waals surface area contributed by atoms with Crippen LogP contribution in [0.5, 0.6) is 0 Å². The lowest BCUT2D eigenvalue weighted by molar-refractivity contribution is -0.133. The average molecular weight is 387 g/mol. The van der Waals surface area contributed by atoms with Gasteiger partial charge >= 0.3 is 6.03 Å². The molecule has 0 aliphatic carbocycles. The van der Waals surface area contributed by atoms with Crippen LogP contribution >= 0.6 is 0 Å². The van der Waals surface area contributed by atoms with Gasteiger partial charge in [0.2, 0.25) is 5.91 Å². The number of halogens is 2. The molecule has 0 aromatic heterocycles. The van der Waals surface area contributed by atoms with E-state index in [9.17, 15) is 23.2 Å². The molecule has 0 spiro atoms. The van der Waals surface area contributed by atoms with Crippen LogP contribution in [0.4, 0.5) is 19.3 Å². The Hall–Kier alpha value is -3.29. The Morgan fingerprint density at radius 3 is 2.36 bits per heavy atom. The number of carbonyl (C=O) groups is 3. The minimum atomic E-state index is -1.16. The molecule has 8 heteroatoms.